The fraction of sp³-hybridized carbons (Fsp3) is 0.632. The zero-order chi connectivity index (χ0) is 17.7. The predicted octanol–water partition coefficient (Wildman–Crippen LogP) is 3.91. The Bertz CT molecular complexity index is 660. The van der Waals surface area contributed by atoms with Crippen molar-refractivity contribution < 1.29 is 13.2 Å². The number of carbonyl (C=O) groups is 1. The van der Waals surface area contributed by atoms with Gasteiger partial charge in [0.2, 0.25) is 16.4 Å². The van der Waals surface area contributed by atoms with Gasteiger partial charge >= 0.3 is 0 Å². The van der Waals surface area contributed by atoms with E-state index in [4.69, 9.17) is 0 Å². The van der Waals surface area contributed by atoms with Crippen LogP contribution in [0.4, 0.5) is 5.69 Å². The van der Waals surface area contributed by atoms with E-state index in [0.717, 1.165) is 51.4 Å². The third-order valence-corrected chi connectivity index (χ3v) is 7.59. The first-order chi connectivity index (χ1) is 12.1. The van der Waals surface area contributed by atoms with E-state index >= 15 is 0 Å². The molecule has 0 unspecified atom stereocenters. The van der Waals surface area contributed by atoms with Crippen LogP contribution in [0.5, 0.6) is 0 Å². The van der Waals surface area contributed by atoms with Crippen LogP contribution in [-0.2, 0) is 14.8 Å². The van der Waals surface area contributed by atoms with Crippen LogP contribution >= 0.6 is 0 Å². The van der Waals surface area contributed by atoms with E-state index in [1.807, 2.05) is 4.31 Å². The number of nitrogens with zero attached hydrogens (tertiary/aromatic N) is 1. The van der Waals surface area contributed by atoms with Gasteiger partial charge in [-0.15, -0.1) is 0 Å². The Hall–Kier alpha value is -1.40. The Labute approximate surface area is 150 Å². The SMILES string of the molecule is O=CNc1ccccc1S(=O)(=O)N(C1CCCCC1)C1CCCCC1. The summed E-state index contributed by atoms with van der Waals surface area (Å²) in [6, 6.07) is 6.91. The number of nitrogens with one attached hydrogen (secondary N) is 1. The monoisotopic (exact) mass is 364 g/mol. The number of para-hydroxylation sites is 1. The molecule has 0 aliphatic heterocycles. The van der Waals surface area contributed by atoms with Crippen LogP contribution in [-0.4, -0.2) is 31.2 Å². The molecule has 6 heteroatoms. The van der Waals surface area contributed by atoms with Crippen molar-refractivity contribution >= 4 is 22.1 Å². The molecular weight excluding hydrogens is 336 g/mol. The number of hydrogen-bond donors (Lipinski definition) is 1. The maximum absolute atomic E-state index is 13.6. The molecule has 0 atom stereocenters. The average molecular weight is 365 g/mol. The fourth-order valence-corrected chi connectivity index (χ4v) is 6.44. The summed E-state index contributed by atoms with van der Waals surface area (Å²) in [5, 5.41) is 2.56. The first-order valence-corrected chi connectivity index (χ1v) is 10.9. The van der Waals surface area contributed by atoms with Gasteiger partial charge in [-0.05, 0) is 37.8 Å². The quantitative estimate of drug-likeness (QED) is 0.778. The van der Waals surface area contributed by atoms with Crippen LogP contribution < -0.4 is 5.32 Å². The normalized spacial score (nSPS) is 20.5. The summed E-state index contributed by atoms with van der Waals surface area (Å²) in [6.07, 6.45) is 11.1. The van der Waals surface area contributed by atoms with E-state index in [2.05, 4.69) is 5.32 Å². The van der Waals surface area contributed by atoms with Crippen molar-refractivity contribution in [1.29, 1.82) is 0 Å². The maximum Gasteiger partial charge on any atom is 0.245 e. The zero-order valence-corrected chi connectivity index (χ0v) is 15.5. The molecule has 1 amide bonds. The summed E-state index contributed by atoms with van der Waals surface area (Å²) in [6.45, 7) is 0. The van der Waals surface area contributed by atoms with Gasteiger partial charge in [-0.3, -0.25) is 4.79 Å². The summed E-state index contributed by atoms with van der Waals surface area (Å²) in [5.74, 6) is 0. The molecule has 2 saturated carbocycles. The highest BCUT2D eigenvalue weighted by molar-refractivity contribution is 7.89. The number of benzene rings is 1. The highest BCUT2D eigenvalue weighted by Crippen LogP contribution is 2.36. The minimum Gasteiger partial charge on any atom is -0.328 e. The van der Waals surface area contributed by atoms with Gasteiger partial charge < -0.3 is 5.32 Å². The molecule has 0 saturated heterocycles. The highest BCUT2D eigenvalue weighted by atomic mass is 32.2. The Kier molecular flexibility index (Phi) is 6.12. The fourth-order valence-electron chi connectivity index (χ4n) is 4.35. The van der Waals surface area contributed by atoms with Crippen molar-refractivity contribution in [3.05, 3.63) is 24.3 Å². The molecule has 1 aromatic carbocycles. The van der Waals surface area contributed by atoms with Crippen LogP contribution in [0.1, 0.15) is 64.2 Å². The molecule has 2 fully saturated rings. The summed E-state index contributed by atoms with van der Waals surface area (Å²) in [7, 11) is -3.64. The van der Waals surface area contributed by atoms with Crippen molar-refractivity contribution in [3.8, 4) is 0 Å². The molecule has 0 radical (unpaired) electrons. The van der Waals surface area contributed by atoms with Crippen molar-refractivity contribution in [3.63, 3.8) is 0 Å². The number of rotatable bonds is 6. The lowest BCUT2D eigenvalue weighted by molar-refractivity contribution is -0.105. The van der Waals surface area contributed by atoms with Crippen molar-refractivity contribution in [2.75, 3.05) is 5.32 Å². The lowest BCUT2D eigenvalue weighted by Gasteiger charge is -2.40. The minimum absolute atomic E-state index is 0.0890. The van der Waals surface area contributed by atoms with E-state index in [0.29, 0.717) is 12.1 Å². The molecule has 3 rings (SSSR count). The molecule has 5 nitrogen and oxygen atoms in total. The molecule has 2 aliphatic rings. The molecule has 0 heterocycles. The van der Waals surface area contributed by atoms with E-state index in [1.165, 1.54) is 12.8 Å². The van der Waals surface area contributed by atoms with E-state index in [9.17, 15) is 13.2 Å². The average Bonchev–Trinajstić information content (AvgIpc) is 2.64. The van der Waals surface area contributed by atoms with Gasteiger partial charge in [0.25, 0.3) is 0 Å². The van der Waals surface area contributed by atoms with Gasteiger partial charge in [0, 0.05) is 12.1 Å². The molecule has 2 aliphatic carbocycles. The molecule has 1 N–H and O–H groups in total. The van der Waals surface area contributed by atoms with Crippen LogP contribution in [0.15, 0.2) is 29.2 Å². The number of hydrogen-bond acceptors (Lipinski definition) is 3. The summed E-state index contributed by atoms with van der Waals surface area (Å²) in [5.41, 5.74) is 0.370. The summed E-state index contributed by atoms with van der Waals surface area (Å²) < 4.78 is 29.0. The first-order valence-electron chi connectivity index (χ1n) is 9.47. The van der Waals surface area contributed by atoms with Crippen LogP contribution in [0.3, 0.4) is 0 Å². The van der Waals surface area contributed by atoms with Crippen molar-refractivity contribution in [2.24, 2.45) is 0 Å². The Morgan fingerprint density at radius 2 is 1.40 bits per heavy atom. The number of sulfonamides is 1. The molecule has 25 heavy (non-hydrogen) atoms. The molecule has 0 aromatic heterocycles. The van der Waals surface area contributed by atoms with Gasteiger partial charge in [-0.1, -0.05) is 50.7 Å². The number of anilines is 1. The van der Waals surface area contributed by atoms with Gasteiger partial charge in [0.15, 0.2) is 0 Å². The van der Waals surface area contributed by atoms with Crippen molar-refractivity contribution in [1.82, 2.24) is 4.31 Å². The third kappa shape index (κ3) is 4.06. The standard InChI is InChI=1S/C19H28N2O3S/c22-15-20-18-13-7-8-14-19(18)25(23,24)21(16-9-3-1-4-10-16)17-11-5-2-6-12-17/h7-8,13-17H,1-6,9-12H2,(H,20,22). The second-order valence-electron chi connectivity index (χ2n) is 7.18. The Balaban J connectivity index is 1.99. The molecule has 138 valence electrons. The van der Waals surface area contributed by atoms with Crippen LogP contribution in [0.25, 0.3) is 0 Å². The lowest BCUT2D eigenvalue weighted by Crippen LogP contribution is -2.48. The Morgan fingerprint density at radius 3 is 1.92 bits per heavy atom. The largest absolute Gasteiger partial charge is 0.328 e. The smallest absolute Gasteiger partial charge is 0.245 e. The summed E-state index contributed by atoms with van der Waals surface area (Å²) >= 11 is 0. The molecule has 1 aromatic rings. The van der Waals surface area contributed by atoms with Crippen LogP contribution in [0, 0.1) is 0 Å². The van der Waals surface area contributed by atoms with E-state index in [-0.39, 0.29) is 17.0 Å². The lowest BCUT2D eigenvalue weighted by atomic mass is 9.91. The second kappa shape index (κ2) is 8.32. The van der Waals surface area contributed by atoms with Crippen molar-refractivity contribution in [2.45, 2.75) is 81.2 Å². The Morgan fingerprint density at radius 1 is 0.880 bits per heavy atom. The number of amides is 1. The molecule has 0 spiro atoms. The van der Waals surface area contributed by atoms with E-state index < -0.39 is 10.0 Å². The highest BCUT2D eigenvalue weighted by Gasteiger charge is 2.39. The van der Waals surface area contributed by atoms with Gasteiger partial charge in [-0.2, -0.15) is 4.31 Å². The molecular formula is C19H28N2O3S. The topological polar surface area (TPSA) is 66.5 Å². The third-order valence-electron chi connectivity index (χ3n) is 5.53. The minimum atomic E-state index is -3.64. The molecule has 0 bridgehead atoms. The van der Waals surface area contributed by atoms with Gasteiger partial charge in [0.1, 0.15) is 4.90 Å². The zero-order valence-electron chi connectivity index (χ0n) is 14.7. The summed E-state index contributed by atoms with van der Waals surface area (Å²) in [4.78, 5) is 11.1. The maximum atomic E-state index is 13.6. The van der Waals surface area contributed by atoms with Crippen LogP contribution in [0.2, 0.25) is 0 Å². The van der Waals surface area contributed by atoms with Gasteiger partial charge in [-0.25, -0.2) is 8.42 Å². The number of carbonyl (C=O) groups excluding carboxylic acids is 1. The first kappa shape index (κ1) is 18.4. The van der Waals surface area contributed by atoms with E-state index in [1.54, 1.807) is 24.3 Å². The second-order valence-corrected chi connectivity index (χ2v) is 8.99. The predicted molar refractivity (Wildman–Crippen MR) is 98.9 cm³/mol. The van der Waals surface area contributed by atoms with Gasteiger partial charge in [0.05, 0.1) is 5.69 Å².